The number of nitrogens with zero attached hydrogens (tertiary/aromatic N) is 1. The Bertz CT molecular complexity index is 153. The summed E-state index contributed by atoms with van der Waals surface area (Å²) in [5.74, 6) is -0.238. The predicted molar refractivity (Wildman–Crippen MR) is 34.1 cm³/mol. The van der Waals surface area contributed by atoms with E-state index in [2.05, 4.69) is 9.68 Å². The number of amides is 1. The van der Waals surface area contributed by atoms with Crippen LogP contribution < -0.4 is 5.32 Å². The van der Waals surface area contributed by atoms with Crippen LogP contribution in [0, 0.1) is 0 Å². The van der Waals surface area contributed by atoms with Crippen LogP contribution in [-0.2, 0) is 16.3 Å². The van der Waals surface area contributed by atoms with E-state index in [-0.39, 0.29) is 17.4 Å². The molecule has 0 spiro atoms. The highest BCUT2D eigenvalue weighted by atomic mass is 32.1. The molecule has 0 aliphatic rings. The molecule has 0 aromatic carbocycles. The van der Waals surface area contributed by atoms with E-state index in [1.807, 2.05) is 0 Å². The van der Waals surface area contributed by atoms with Gasteiger partial charge < -0.3 is 5.32 Å². The van der Waals surface area contributed by atoms with Gasteiger partial charge in [-0.1, -0.05) is 0 Å². The van der Waals surface area contributed by atoms with E-state index in [1.165, 1.54) is 7.05 Å². The average Bonchev–Trinajstić information content (AvgIpc) is 1.87. The van der Waals surface area contributed by atoms with Crippen LogP contribution in [0.3, 0.4) is 0 Å². The second kappa shape index (κ2) is 4.20. The number of hydrogen-bond acceptors (Lipinski definition) is 3. The van der Waals surface area contributed by atoms with Crippen LogP contribution in [0.15, 0.2) is 4.36 Å². The molecule has 0 unspecified atom stereocenters. The van der Waals surface area contributed by atoms with Crippen molar-refractivity contribution < 1.29 is 9.00 Å². The quantitative estimate of drug-likeness (QED) is 0.575. The zero-order valence-electron chi connectivity index (χ0n) is 5.25. The number of hydrogen-bond donors (Lipinski definition) is 1. The zero-order valence-corrected chi connectivity index (χ0v) is 6.07. The molecule has 9 heavy (non-hydrogen) atoms. The van der Waals surface area contributed by atoms with Crippen LogP contribution in [0.4, 0.5) is 0 Å². The van der Waals surface area contributed by atoms with Gasteiger partial charge in [-0.3, -0.25) is 4.79 Å². The van der Waals surface area contributed by atoms with Gasteiger partial charge in [-0.25, -0.2) is 0 Å². The maximum absolute atomic E-state index is 10.5. The van der Waals surface area contributed by atoms with Gasteiger partial charge in [-0.2, -0.15) is 8.57 Å². The summed E-state index contributed by atoms with van der Waals surface area (Å²) in [4.78, 5) is 10.5. The van der Waals surface area contributed by atoms with Crippen molar-refractivity contribution in [3.05, 3.63) is 0 Å². The summed E-state index contributed by atoms with van der Waals surface area (Å²) in [6.45, 7) is 1.56. The van der Waals surface area contributed by atoms with E-state index in [0.29, 0.717) is 0 Å². The minimum atomic E-state index is -0.544. The lowest BCUT2D eigenvalue weighted by molar-refractivity contribution is -0.121. The van der Waals surface area contributed by atoms with E-state index in [9.17, 15) is 9.00 Å². The Morgan fingerprint density at radius 1 is 1.78 bits per heavy atom. The molecule has 5 heteroatoms. The standard InChI is InChI=1S/C4H8N2O2S/c1-3(6-9-8)4(7)5-2/h3H,1-2H3,(H,5,7)/t3-/m0/s1. The first-order valence-corrected chi connectivity index (χ1v) is 3.13. The molecule has 0 rings (SSSR count). The lowest BCUT2D eigenvalue weighted by atomic mass is 10.3. The monoisotopic (exact) mass is 148 g/mol. The summed E-state index contributed by atoms with van der Waals surface area (Å²) in [5, 5.41) is 2.36. The van der Waals surface area contributed by atoms with Gasteiger partial charge >= 0.3 is 0 Å². The van der Waals surface area contributed by atoms with Crippen molar-refractivity contribution in [3.8, 4) is 0 Å². The number of carbonyl (C=O) groups excluding carboxylic acids is 1. The van der Waals surface area contributed by atoms with Gasteiger partial charge in [0.25, 0.3) is 0 Å². The summed E-state index contributed by atoms with van der Waals surface area (Å²) >= 11 is 0.0676. The number of nitrogens with one attached hydrogen (secondary N) is 1. The molecule has 1 atom stereocenters. The van der Waals surface area contributed by atoms with Crippen molar-refractivity contribution in [3.63, 3.8) is 0 Å². The normalized spacial score (nSPS) is 11.8. The second-order valence-electron chi connectivity index (χ2n) is 1.47. The third kappa shape index (κ3) is 2.97. The number of rotatable bonds is 2. The molecule has 0 fully saturated rings. The van der Waals surface area contributed by atoms with Gasteiger partial charge in [0.05, 0.1) is 0 Å². The minimum absolute atomic E-state index is 0.0676. The van der Waals surface area contributed by atoms with Gasteiger partial charge in [0.15, 0.2) is 11.5 Å². The molecule has 0 saturated carbocycles. The van der Waals surface area contributed by atoms with Crippen LogP contribution in [0.2, 0.25) is 0 Å². The van der Waals surface area contributed by atoms with E-state index >= 15 is 0 Å². The van der Waals surface area contributed by atoms with Crippen molar-refractivity contribution in [1.82, 2.24) is 5.32 Å². The Labute approximate surface area is 56.9 Å². The molecule has 52 valence electrons. The Kier molecular flexibility index (Phi) is 3.87. The molecule has 0 aromatic heterocycles. The first kappa shape index (κ1) is 8.29. The summed E-state index contributed by atoms with van der Waals surface area (Å²) in [6.07, 6.45) is 0. The Morgan fingerprint density at radius 2 is 2.33 bits per heavy atom. The fraction of sp³-hybridized carbons (Fsp3) is 0.750. The molecule has 4 nitrogen and oxygen atoms in total. The number of carbonyl (C=O) groups is 1. The maximum Gasteiger partial charge on any atom is 0.245 e. The second-order valence-corrected chi connectivity index (χ2v) is 1.83. The number of likely N-dealkylation sites (N-methyl/N-ethyl adjacent to an activating group) is 1. The van der Waals surface area contributed by atoms with E-state index in [0.717, 1.165) is 0 Å². The first-order valence-electron chi connectivity index (χ1n) is 2.43. The molecule has 0 aliphatic carbocycles. The highest BCUT2D eigenvalue weighted by molar-refractivity contribution is 7.54. The molecular formula is C4H8N2O2S. The first-order chi connectivity index (χ1) is 4.22. The zero-order chi connectivity index (χ0) is 7.28. The Hall–Kier alpha value is -0.710. The van der Waals surface area contributed by atoms with Crippen molar-refractivity contribution in [2.75, 3.05) is 7.05 Å². The molecule has 0 radical (unpaired) electrons. The third-order valence-electron chi connectivity index (χ3n) is 0.827. The van der Waals surface area contributed by atoms with Crippen molar-refractivity contribution in [1.29, 1.82) is 0 Å². The lowest BCUT2D eigenvalue weighted by Gasteiger charge is -1.98. The van der Waals surface area contributed by atoms with Crippen molar-refractivity contribution >= 4 is 17.4 Å². The molecule has 0 aromatic rings. The van der Waals surface area contributed by atoms with E-state index in [1.54, 1.807) is 6.92 Å². The van der Waals surface area contributed by atoms with Gasteiger partial charge in [0, 0.05) is 7.05 Å². The van der Waals surface area contributed by atoms with Crippen LogP contribution in [0.25, 0.3) is 0 Å². The van der Waals surface area contributed by atoms with Crippen molar-refractivity contribution in [2.24, 2.45) is 4.36 Å². The molecule has 1 N–H and O–H groups in total. The Balaban J connectivity index is 3.87. The Morgan fingerprint density at radius 3 is 2.67 bits per heavy atom. The molecule has 0 bridgehead atoms. The SMILES string of the molecule is CNC(=O)[C@H](C)N=S=O. The highest BCUT2D eigenvalue weighted by Gasteiger charge is 2.06. The topological polar surface area (TPSA) is 58.5 Å². The summed E-state index contributed by atoms with van der Waals surface area (Å²) in [5.41, 5.74) is 0. The van der Waals surface area contributed by atoms with Crippen LogP contribution in [-0.4, -0.2) is 23.2 Å². The molecular weight excluding hydrogens is 140 g/mol. The fourth-order valence-electron chi connectivity index (χ4n) is 0.321. The summed E-state index contributed by atoms with van der Waals surface area (Å²) < 4.78 is 13.1. The highest BCUT2D eigenvalue weighted by Crippen LogP contribution is 1.85. The van der Waals surface area contributed by atoms with Crippen LogP contribution >= 0.6 is 0 Å². The molecule has 0 saturated heterocycles. The van der Waals surface area contributed by atoms with Gasteiger partial charge in [0.2, 0.25) is 5.91 Å². The molecule has 0 aliphatic heterocycles. The maximum atomic E-state index is 10.5. The summed E-state index contributed by atoms with van der Waals surface area (Å²) in [7, 11) is 1.50. The smallest absolute Gasteiger partial charge is 0.245 e. The molecule has 0 heterocycles. The van der Waals surface area contributed by atoms with Crippen LogP contribution in [0.5, 0.6) is 0 Å². The average molecular weight is 148 g/mol. The van der Waals surface area contributed by atoms with E-state index in [4.69, 9.17) is 0 Å². The fourth-order valence-corrected chi connectivity index (χ4v) is 0.546. The lowest BCUT2D eigenvalue weighted by Crippen LogP contribution is -2.27. The minimum Gasteiger partial charge on any atom is -0.357 e. The third-order valence-corrected chi connectivity index (χ3v) is 1.23. The van der Waals surface area contributed by atoms with Crippen molar-refractivity contribution in [2.45, 2.75) is 13.0 Å². The predicted octanol–water partition coefficient (Wildman–Crippen LogP) is -0.483. The van der Waals surface area contributed by atoms with Crippen LogP contribution in [0.1, 0.15) is 6.92 Å². The van der Waals surface area contributed by atoms with Gasteiger partial charge in [-0.15, -0.1) is 0 Å². The van der Waals surface area contributed by atoms with E-state index < -0.39 is 6.04 Å². The van der Waals surface area contributed by atoms with Gasteiger partial charge in [-0.05, 0) is 6.92 Å². The largest absolute Gasteiger partial charge is 0.357 e. The summed E-state index contributed by atoms with van der Waals surface area (Å²) in [6, 6.07) is -0.544. The van der Waals surface area contributed by atoms with Gasteiger partial charge in [0.1, 0.15) is 6.04 Å². The molecule has 1 amide bonds.